The molecule has 0 atom stereocenters. The summed E-state index contributed by atoms with van der Waals surface area (Å²) in [5, 5.41) is 0. The number of allylic oxidation sites excluding steroid dienone is 2. The first-order valence-electron chi connectivity index (χ1n) is 5.06. The lowest BCUT2D eigenvalue weighted by molar-refractivity contribution is -0.119. The number of carbonyl (C=O) groups excluding carboxylic acids is 1. The van der Waals surface area contributed by atoms with Gasteiger partial charge < -0.3 is 0 Å². The van der Waals surface area contributed by atoms with Crippen LogP contribution in [0.2, 0.25) is 0 Å². The maximum atomic E-state index is 11.2. The van der Waals surface area contributed by atoms with E-state index < -0.39 is 10.0 Å². The van der Waals surface area contributed by atoms with Crippen molar-refractivity contribution in [2.75, 3.05) is 12.8 Å². The first-order valence-corrected chi connectivity index (χ1v) is 6.71. The molecule has 5 heteroatoms. The number of carbonyl (C=O) groups is 1. The molecule has 0 amide bonds. The summed E-state index contributed by atoms with van der Waals surface area (Å²) < 4.78 is 24.2. The van der Waals surface area contributed by atoms with E-state index in [0.29, 0.717) is 19.3 Å². The Morgan fingerprint density at radius 2 is 2.00 bits per heavy atom. The molecule has 0 fully saturated rings. The van der Waals surface area contributed by atoms with Gasteiger partial charge in [-0.15, -0.1) is 0 Å². The van der Waals surface area contributed by atoms with Gasteiger partial charge in [-0.1, -0.05) is 12.2 Å². The van der Waals surface area contributed by atoms with E-state index in [4.69, 9.17) is 0 Å². The number of Topliss-reactive ketones (excluding diaryl/α,β-unsaturated/α-hetero) is 1. The van der Waals surface area contributed by atoms with Crippen molar-refractivity contribution in [2.45, 2.75) is 32.6 Å². The van der Waals surface area contributed by atoms with Crippen molar-refractivity contribution < 1.29 is 13.2 Å². The predicted octanol–water partition coefficient (Wildman–Crippen LogP) is 1.24. The van der Waals surface area contributed by atoms with Crippen molar-refractivity contribution in [3.8, 4) is 0 Å². The summed E-state index contributed by atoms with van der Waals surface area (Å²) in [6.07, 6.45) is 5.83. The summed E-state index contributed by atoms with van der Waals surface area (Å²) in [7, 11) is -1.78. The highest BCUT2D eigenvalue weighted by molar-refractivity contribution is 7.89. The Hall–Kier alpha value is -0.680. The van der Waals surface area contributed by atoms with Crippen molar-refractivity contribution >= 4 is 15.8 Å². The van der Waals surface area contributed by atoms with Crippen LogP contribution in [0.3, 0.4) is 0 Å². The van der Waals surface area contributed by atoms with Crippen LogP contribution in [-0.4, -0.2) is 27.0 Å². The molecule has 0 saturated heterocycles. The summed E-state index contributed by atoms with van der Waals surface area (Å²) in [5.74, 6) is 0.151. The third kappa shape index (κ3) is 8.32. The molecule has 0 aromatic rings. The average Bonchev–Trinajstić information content (AvgIpc) is 2.18. The van der Waals surface area contributed by atoms with E-state index in [0.717, 1.165) is 6.42 Å². The summed E-state index contributed by atoms with van der Waals surface area (Å²) in [6, 6.07) is 0. The van der Waals surface area contributed by atoms with Crippen molar-refractivity contribution in [3.05, 3.63) is 12.2 Å². The lowest BCUT2D eigenvalue weighted by Crippen LogP contribution is -2.22. The highest BCUT2D eigenvalue weighted by Gasteiger charge is 2.08. The Labute approximate surface area is 91.8 Å². The summed E-state index contributed by atoms with van der Waals surface area (Å²) in [6.45, 7) is 1.91. The standard InChI is InChI=1S/C10H19NO3S/c1-3-4-5-7-10(12)8-6-9-15(13,14)11-2/h3-4,11H,5-9H2,1-2H3. The van der Waals surface area contributed by atoms with Crippen LogP contribution < -0.4 is 4.72 Å². The third-order valence-electron chi connectivity index (χ3n) is 2.01. The third-order valence-corrected chi connectivity index (χ3v) is 3.45. The fourth-order valence-corrected chi connectivity index (χ4v) is 1.83. The van der Waals surface area contributed by atoms with Crippen LogP contribution in [0, 0.1) is 0 Å². The molecule has 0 spiro atoms. The molecule has 0 unspecified atom stereocenters. The van der Waals surface area contributed by atoms with E-state index in [1.165, 1.54) is 7.05 Å². The van der Waals surface area contributed by atoms with Crippen LogP contribution in [0.5, 0.6) is 0 Å². The molecule has 0 saturated carbocycles. The quantitative estimate of drug-likeness (QED) is 0.642. The van der Waals surface area contributed by atoms with Crippen molar-refractivity contribution in [3.63, 3.8) is 0 Å². The lowest BCUT2D eigenvalue weighted by atomic mass is 10.1. The number of hydrogen-bond acceptors (Lipinski definition) is 3. The normalized spacial score (nSPS) is 12.1. The van der Waals surface area contributed by atoms with Gasteiger partial charge in [0.05, 0.1) is 5.75 Å². The highest BCUT2D eigenvalue weighted by Crippen LogP contribution is 2.01. The molecule has 15 heavy (non-hydrogen) atoms. The SMILES string of the molecule is CC=CCCC(=O)CCCS(=O)(=O)NC. The zero-order valence-corrected chi connectivity index (χ0v) is 10.1. The largest absolute Gasteiger partial charge is 0.300 e. The fourth-order valence-electron chi connectivity index (χ4n) is 1.10. The average molecular weight is 233 g/mol. The van der Waals surface area contributed by atoms with Crippen molar-refractivity contribution in [1.29, 1.82) is 0 Å². The fraction of sp³-hybridized carbons (Fsp3) is 0.700. The van der Waals surface area contributed by atoms with E-state index in [1.54, 1.807) is 0 Å². The minimum Gasteiger partial charge on any atom is -0.300 e. The second-order valence-electron chi connectivity index (χ2n) is 3.27. The zero-order valence-electron chi connectivity index (χ0n) is 9.32. The van der Waals surface area contributed by atoms with Gasteiger partial charge in [0.15, 0.2) is 0 Å². The zero-order chi connectivity index (χ0) is 11.7. The molecule has 0 aliphatic carbocycles. The highest BCUT2D eigenvalue weighted by atomic mass is 32.2. The Bertz CT molecular complexity index is 307. The summed E-state index contributed by atoms with van der Waals surface area (Å²) >= 11 is 0. The topological polar surface area (TPSA) is 63.2 Å². The summed E-state index contributed by atoms with van der Waals surface area (Å²) in [5.41, 5.74) is 0. The van der Waals surface area contributed by atoms with Crippen LogP contribution in [0.15, 0.2) is 12.2 Å². The monoisotopic (exact) mass is 233 g/mol. The van der Waals surface area contributed by atoms with Gasteiger partial charge in [-0.25, -0.2) is 13.1 Å². The van der Waals surface area contributed by atoms with Crippen molar-refractivity contribution in [1.82, 2.24) is 4.72 Å². The van der Waals surface area contributed by atoms with Crippen LogP contribution in [-0.2, 0) is 14.8 Å². The number of sulfonamides is 1. The predicted molar refractivity (Wildman–Crippen MR) is 61.1 cm³/mol. The molecule has 88 valence electrons. The number of nitrogens with one attached hydrogen (secondary N) is 1. The van der Waals surface area contributed by atoms with Crippen LogP contribution >= 0.6 is 0 Å². The van der Waals surface area contributed by atoms with Crippen LogP contribution in [0.4, 0.5) is 0 Å². The van der Waals surface area contributed by atoms with Gasteiger partial charge in [0.25, 0.3) is 0 Å². The maximum Gasteiger partial charge on any atom is 0.211 e. The van der Waals surface area contributed by atoms with Gasteiger partial charge >= 0.3 is 0 Å². The molecule has 0 heterocycles. The molecule has 0 aliphatic rings. The van der Waals surface area contributed by atoms with E-state index in [9.17, 15) is 13.2 Å². The van der Waals surface area contributed by atoms with E-state index in [-0.39, 0.29) is 11.5 Å². The first-order chi connectivity index (χ1) is 7.02. The molecule has 0 aromatic carbocycles. The van der Waals surface area contributed by atoms with Gasteiger partial charge in [0.1, 0.15) is 5.78 Å². The molecule has 0 aliphatic heterocycles. The molecule has 1 N–H and O–H groups in total. The second kappa shape index (κ2) is 7.59. The first kappa shape index (κ1) is 14.3. The molecule has 0 rings (SSSR count). The molecule has 4 nitrogen and oxygen atoms in total. The minimum atomic E-state index is -3.16. The lowest BCUT2D eigenvalue weighted by Gasteiger charge is -2.01. The van der Waals surface area contributed by atoms with Gasteiger partial charge in [-0.3, -0.25) is 4.79 Å². The number of rotatable bonds is 8. The number of ketones is 1. The Morgan fingerprint density at radius 3 is 2.53 bits per heavy atom. The molecule has 0 bridgehead atoms. The van der Waals surface area contributed by atoms with Crippen molar-refractivity contribution in [2.24, 2.45) is 0 Å². The van der Waals surface area contributed by atoms with E-state index in [2.05, 4.69) is 4.72 Å². The smallest absolute Gasteiger partial charge is 0.211 e. The Balaban J connectivity index is 3.64. The van der Waals surface area contributed by atoms with Crippen LogP contribution in [0.1, 0.15) is 32.6 Å². The van der Waals surface area contributed by atoms with Gasteiger partial charge in [-0.2, -0.15) is 0 Å². The Morgan fingerprint density at radius 1 is 1.33 bits per heavy atom. The van der Waals surface area contributed by atoms with E-state index >= 15 is 0 Å². The van der Waals surface area contributed by atoms with Gasteiger partial charge in [-0.05, 0) is 26.8 Å². The van der Waals surface area contributed by atoms with Gasteiger partial charge in [0.2, 0.25) is 10.0 Å². The van der Waals surface area contributed by atoms with Gasteiger partial charge in [0, 0.05) is 12.8 Å². The number of hydrogen-bond donors (Lipinski definition) is 1. The van der Waals surface area contributed by atoms with E-state index in [1.807, 2.05) is 19.1 Å². The molecule has 0 aromatic heterocycles. The molecule has 0 radical (unpaired) electrons. The molecular formula is C10H19NO3S. The van der Waals surface area contributed by atoms with Crippen LogP contribution in [0.25, 0.3) is 0 Å². The second-order valence-corrected chi connectivity index (χ2v) is 5.32. The molecular weight excluding hydrogens is 214 g/mol. The maximum absolute atomic E-state index is 11.2. The minimum absolute atomic E-state index is 0.0266. The Kier molecular flexibility index (Phi) is 7.25. The summed E-state index contributed by atoms with van der Waals surface area (Å²) in [4.78, 5) is 11.2.